The SMILES string of the molecule is O=S(=O)(Nc1ccc(-c2cn3ccsc3n2)cc1)c1cc(C(F)(F)F)cc(C(F)(F)F)c1. The summed E-state index contributed by atoms with van der Waals surface area (Å²) in [6, 6.07) is 5.89. The second-order valence-corrected chi connectivity index (χ2v) is 9.20. The van der Waals surface area contributed by atoms with Crippen LogP contribution in [0.2, 0.25) is 0 Å². The van der Waals surface area contributed by atoms with Gasteiger partial charge in [0.2, 0.25) is 0 Å². The van der Waals surface area contributed by atoms with E-state index in [1.807, 2.05) is 16.3 Å². The van der Waals surface area contributed by atoms with Crippen LogP contribution in [-0.2, 0) is 22.4 Å². The Hall–Kier alpha value is -3.06. The van der Waals surface area contributed by atoms with Crippen molar-refractivity contribution in [2.45, 2.75) is 17.2 Å². The number of benzene rings is 2. The first-order chi connectivity index (χ1) is 14.8. The van der Waals surface area contributed by atoms with E-state index in [9.17, 15) is 34.8 Å². The minimum Gasteiger partial charge on any atom is -0.297 e. The standard InChI is InChI=1S/C19H11F6N3O2S2/c20-18(21,22)12-7-13(19(23,24)25)9-15(8-12)32(29,30)27-14-3-1-11(2-4-14)16-10-28-5-6-31-17(28)26-16/h1-10,27H. The van der Waals surface area contributed by atoms with Gasteiger partial charge in [-0.15, -0.1) is 11.3 Å². The molecular formula is C19H11F6N3O2S2. The van der Waals surface area contributed by atoms with E-state index < -0.39 is 38.4 Å². The van der Waals surface area contributed by atoms with Crippen LogP contribution in [0.5, 0.6) is 0 Å². The third-order valence-electron chi connectivity index (χ3n) is 4.40. The summed E-state index contributed by atoms with van der Waals surface area (Å²) in [6.07, 6.45) is -6.76. The normalized spacial score (nSPS) is 12.9. The average Bonchev–Trinajstić information content (AvgIpc) is 3.29. The molecule has 0 aliphatic heterocycles. The number of nitrogens with zero attached hydrogens (tertiary/aromatic N) is 2. The van der Waals surface area contributed by atoms with Crippen molar-refractivity contribution in [2.75, 3.05) is 4.72 Å². The van der Waals surface area contributed by atoms with E-state index in [-0.39, 0.29) is 23.9 Å². The Morgan fingerprint density at radius 1 is 0.906 bits per heavy atom. The van der Waals surface area contributed by atoms with Crippen molar-refractivity contribution in [1.82, 2.24) is 9.38 Å². The Balaban J connectivity index is 1.64. The maximum absolute atomic E-state index is 13.0. The quantitative estimate of drug-likeness (QED) is 0.362. The largest absolute Gasteiger partial charge is 0.416 e. The maximum atomic E-state index is 13.0. The Kier molecular flexibility index (Phi) is 5.20. The van der Waals surface area contributed by atoms with Gasteiger partial charge in [0, 0.05) is 29.0 Å². The van der Waals surface area contributed by atoms with Crippen molar-refractivity contribution < 1.29 is 34.8 Å². The molecule has 0 saturated heterocycles. The zero-order valence-corrected chi connectivity index (χ0v) is 17.2. The number of sulfonamides is 1. The number of hydrogen-bond acceptors (Lipinski definition) is 4. The van der Waals surface area contributed by atoms with E-state index in [0.29, 0.717) is 11.3 Å². The van der Waals surface area contributed by atoms with E-state index in [4.69, 9.17) is 0 Å². The second-order valence-electron chi connectivity index (χ2n) is 6.64. The van der Waals surface area contributed by atoms with Gasteiger partial charge in [-0.1, -0.05) is 12.1 Å². The zero-order valence-electron chi connectivity index (χ0n) is 15.6. The van der Waals surface area contributed by atoms with Gasteiger partial charge in [0.1, 0.15) is 0 Å². The van der Waals surface area contributed by atoms with Gasteiger partial charge in [0.25, 0.3) is 10.0 Å². The number of rotatable bonds is 4. The summed E-state index contributed by atoms with van der Waals surface area (Å²) in [5, 5.41) is 1.85. The van der Waals surface area contributed by atoms with Crippen LogP contribution in [0.15, 0.2) is 65.1 Å². The first-order valence-corrected chi connectivity index (χ1v) is 11.0. The molecule has 4 rings (SSSR count). The van der Waals surface area contributed by atoms with Gasteiger partial charge in [-0.2, -0.15) is 26.3 Å². The number of fused-ring (bicyclic) bond motifs is 1. The predicted octanol–water partition coefficient (Wildman–Crippen LogP) is 5.90. The van der Waals surface area contributed by atoms with Gasteiger partial charge in [-0.3, -0.25) is 9.12 Å². The average molecular weight is 491 g/mol. The molecule has 0 fully saturated rings. The molecule has 0 amide bonds. The first-order valence-electron chi connectivity index (χ1n) is 8.68. The fraction of sp³-hybridized carbons (Fsp3) is 0.105. The van der Waals surface area contributed by atoms with E-state index in [1.54, 1.807) is 10.6 Å². The fourth-order valence-electron chi connectivity index (χ4n) is 2.87. The van der Waals surface area contributed by atoms with Crippen LogP contribution < -0.4 is 4.72 Å². The molecule has 0 radical (unpaired) electrons. The number of hydrogen-bond donors (Lipinski definition) is 1. The molecule has 0 bridgehead atoms. The van der Waals surface area contributed by atoms with Gasteiger partial charge < -0.3 is 0 Å². The van der Waals surface area contributed by atoms with Crippen LogP contribution in [0.25, 0.3) is 16.2 Å². The summed E-state index contributed by atoms with van der Waals surface area (Å²) in [5.41, 5.74) is -2.23. The van der Waals surface area contributed by atoms with Gasteiger partial charge in [-0.05, 0) is 30.3 Å². The topological polar surface area (TPSA) is 63.5 Å². The lowest BCUT2D eigenvalue weighted by atomic mass is 10.1. The molecule has 2 aromatic heterocycles. The molecule has 0 atom stereocenters. The molecule has 2 heterocycles. The van der Waals surface area contributed by atoms with Crippen LogP contribution in [0.4, 0.5) is 32.0 Å². The number of thiazole rings is 1. The summed E-state index contributed by atoms with van der Waals surface area (Å²) in [6.45, 7) is 0. The van der Waals surface area contributed by atoms with Crippen molar-refractivity contribution in [3.8, 4) is 11.3 Å². The van der Waals surface area contributed by atoms with Crippen molar-refractivity contribution in [1.29, 1.82) is 0 Å². The molecular weight excluding hydrogens is 480 g/mol. The lowest BCUT2D eigenvalue weighted by molar-refractivity contribution is -0.143. The lowest BCUT2D eigenvalue weighted by Crippen LogP contribution is -2.17. The number of aromatic nitrogens is 2. The molecule has 32 heavy (non-hydrogen) atoms. The van der Waals surface area contributed by atoms with Crippen LogP contribution in [0, 0.1) is 0 Å². The first kappa shape index (κ1) is 22.1. The highest BCUT2D eigenvalue weighted by Crippen LogP contribution is 2.37. The third kappa shape index (κ3) is 4.43. The molecule has 2 aromatic carbocycles. The van der Waals surface area contributed by atoms with Crippen LogP contribution >= 0.6 is 11.3 Å². The maximum Gasteiger partial charge on any atom is 0.416 e. The zero-order chi connectivity index (χ0) is 23.3. The monoisotopic (exact) mass is 491 g/mol. The van der Waals surface area contributed by atoms with E-state index in [2.05, 4.69) is 4.98 Å². The summed E-state index contributed by atoms with van der Waals surface area (Å²) in [4.78, 5) is 3.98. The van der Waals surface area contributed by atoms with Crippen molar-refractivity contribution >= 4 is 32.0 Å². The van der Waals surface area contributed by atoms with E-state index in [0.717, 1.165) is 4.96 Å². The van der Waals surface area contributed by atoms with Gasteiger partial charge >= 0.3 is 12.4 Å². The Bertz CT molecular complexity index is 1330. The van der Waals surface area contributed by atoms with E-state index >= 15 is 0 Å². The lowest BCUT2D eigenvalue weighted by Gasteiger charge is -2.15. The number of anilines is 1. The van der Waals surface area contributed by atoms with Gasteiger partial charge in [-0.25, -0.2) is 13.4 Å². The molecule has 4 aromatic rings. The molecule has 0 saturated carbocycles. The second kappa shape index (κ2) is 7.52. The van der Waals surface area contributed by atoms with Crippen molar-refractivity contribution in [3.05, 3.63) is 71.4 Å². The predicted molar refractivity (Wildman–Crippen MR) is 106 cm³/mol. The molecule has 13 heteroatoms. The van der Waals surface area contributed by atoms with Crippen molar-refractivity contribution in [3.63, 3.8) is 0 Å². The fourth-order valence-corrected chi connectivity index (χ4v) is 4.70. The molecule has 1 N–H and O–H groups in total. The third-order valence-corrected chi connectivity index (χ3v) is 6.53. The molecule has 0 aliphatic rings. The Morgan fingerprint density at radius 2 is 1.50 bits per heavy atom. The van der Waals surface area contributed by atoms with Crippen LogP contribution in [-0.4, -0.2) is 17.8 Å². The number of alkyl halides is 6. The Morgan fingerprint density at radius 3 is 2.03 bits per heavy atom. The smallest absolute Gasteiger partial charge is 0.297 e. The molecule has 0 aliphatic carbocycles. The minimum absolute atomic E-state index is 0.0410. The summed E-state index contributed by atoms with van der Waals surface area (Å²) < 4.78 is 107. The minimum atomic E-state index is -5.16. The number of imidazole rings is 1. The van der Waals surface area contributed by atoms with E-state index in [1.165, 1.54) is 35.6 Å². The highest BCUT2D eigenvalue weighted by molar-refractivity contribution is 7.92. The summed E-state index contributed by atoms with van der Waals surface area (Å²) >= 11 is 1.42. The summed E-state index contributed by atoms with van der Waals surface area (Å²) in [7, 11) is -4.74. The Labute approximate surface area is 181 Å². The van der Waals surface area contributed by atoms with Crippen molar-refractivity contribution in [2.24, 2.45) is 0 Å². The van der Waals surface area contributed by atoms with Gasteiger partial charge in [0.05, 0.1) is 21.7 Å². The molecule has 0 unspecified atom stereocenters. The molecule has 5 nitrogen and oxygen atoms in total. The molecule has 168 valence electrons. The highest BCUT2D eigenvalue weighted by Gasteiger charge is 2.38. The van der Waals surface area contributed by atoms with Crippen LogP contribution in [0.1, 0.15) is 11.1 Å². The molecule has 0 spiro atoms. The summed E-state index contributed by atoms with van der Waals surface area (Å²) in [5.74, 6) is 0. The number of nitrogens with one attached hydrogen (secondary N) is 1. The highest BCUT2D eigenvalue weighted by atomic mass is 32.2. The van der Waals surface area contributed by atoms with Gasteiger partial charge in [0.15, 0.2) is 4.96 Å². The number of halogens is 6. The van der Waals surface area contributed by atoms with Crippen LogP contribution in [0.3, 0.4) is 0 Å².